The fourth-order valence-corrected chi connectivity index (χ4v) is 4.97. The van der Waals surface area contributed by atoms with Crippen LogP contribution in [0.2, 0.25) is 0 Å². The maximum absolute atomic E-state index is 9.30. The van der Waals surface area contributed by atoms with Crippen molar-refractivity contribution in [3.05, 3.63) is 78.4 Å². The lowest BCUT2D eigenvalue weighted by Gasteiger charge is -2.10. The van der Waals surface area contributed by atoms with Crippen molar-refractivity contribution in [2.45, 2.75) is 0 Å². The van der Waals surface area contributed by atoms with E-state index in [0.29, 0.717) is 11.2 Å². The number of nitrogen functional groups attached to an aromatic ring is 1. The number of fused-ring (bicyclic) bond motifs is 4. The van der Waals surface area contributed by atoms with Crippen LogP contribution in [0, 0.1) is 11.3 Å². The number of anilines is 1. The molecular weight excluding hydrogens is 416 g/mol. The van der Waals surface area contributed by atoms with E-state index in [4.69, 9.17) is 10.7 Å². The molecule has 0 fully saturated rings. The lowest BCUT2D eigenvalue weighted by atomic mass is 9.97. The van der Waals surface area contributed by atoms with Crippen LogP contribution in [0.3, 0.4) is 0 Å². The Labute approximate surface area is 186 Å². The van der Waals surface area contributed by atoms with Crippen LogP contribution in [-0.2, 0) is 0 Å². The van der Waals surface area contributed by atoms with Gasteiger partial charge in [0.2, 0.25) is 0 Å². The number of nitriles is 1. The lowest BCUT2D eigenvalue weighted by Crippen LogP contribution is -1.97. The van der Waals surface area contributed by atoms with E-state index in [9.17, 15) is 5.26 Å². The largest absolute Gasteiger partial charge is 0.383 e. The van der Waals surface area contributed by atoms with Gasteiger partial charge in [-0.3, -0.25) is 0 Å². The minimum Gasteiger partial charge on any atom is -0.383 e. The zero-order valence-corrected chi connectivity index (χ0v) is 17.5. The van der Waals surface area contributed by atoms with Crippen molar-refractivity contribution in [2.75, 3.05) is 5.73 Å². The SMILES string of the molecule is N#Cc1cc2cc3sc4nnc(-c5ccccc5)c(-c5ccccc5)c4c3nc2nc1N. The Morgan fingerprint density at radius 2 is 1.56 bits per heavy atom. The van der Waals surface area contributed by atoms with E-state index in [-0.39, 0.29) is 5.82 Å². The molecule has 32 heavy (non-hydrogen) atoms. The van der Waals surface area contributed by atoms with Gasteiger partial charge in [0.25, 0.3) is 0 Å². The molecule has 0 bridgehead atoms. The van der Waals surface area contributed by atoms with Crippen molar-refractivity contribution in [1.29, 1.82) is 5.26 Å². The number of thiophene rings is 1. The van der Waals surface area contributed by atoms with Gasteiger partial charge >= 0.3 is 0 Å². The van der Waals surface area contributed by atoms with Crippen LogP contribution in [-0.4, -0.2) is 20.2 Å². The van der Waals surface area contributed by atoms with Gasteiger partial charge in [-0.1, -0.05) is 60.7 Å². The molecule has 0 aliphatic rings. The molecule has 0 saturated carbocycles. The Bertz CT molecular complexity index is 1690. The van der Waals surface area contributed by atoms with Crippen LogP contribution in [0.1, 0.15) is 5.56 Å². The molecule has 0 saturated heterocycles. The number of rotatable bonds is 2. The predicted octanol–water partition coefficient (Wildman–Crippen LogP) is 5.58. The fraction of sp³-hybridized carbons (Fsp3) is 0. The van der Waals surface area contributed by atoms with Crippen LogP contribution in [0.5, 0.6) is 0 Å². The molecule has 4 heterocycles. The van der Waals surface area contributed by atoms with Crippen LogP contribution < -0.4 is 5.73 Å². The zero-order chi connectivity index (χ0) is 21.7. The smallest absolute Gasteiger partial charge is 0.162 e. The van der Waals surface area contributed by atoms with Crippen molar-refractivity contribution in [3.8, 4) is 28.5 Å². The highest BCUT2D eigenvalue weighted by atomic mass is 32.1. The van der Waals surface area contributed by atoms with Gasteiger partial charge in [-0.05, 0) is 17.7 Å². The molecule has 0 amide bonds. The van der Waals surface area contributed by atoms with Crippen molar-refractivity contribution in [2.24, 2.45) is 0 Å². The Kier molecular flexibility index (Phi) is 4.06. The van der Waals surface area contributed by atoms with Crippen molar-refractivity contribution in [3.63, 3.8) is 0 Å². The number of benzene rings is 2. The van der Waals surface area contributed by atoms with Crippen LogP contribution in [0.4, 0.5) is 5.82 Å². The van der Waals surface area contributed by atoms with E-state index in [0.717, 1.165) is 48.2 Å². The van der Waals surface area contributed by atoms with Gasteiger partial charge in [-0.15, -0.1) is 21.5 Å². The van der Waals surface area contributed by atoms with Crippen molar-refractivity contribution >= 4 is 48.6 Å². The predicted molar refractivity (Wildman–Crippen MR) is 128 cm³/mol. The first-order valence-corrected chi connectivity index (χ1v) is 10.8. The summed E-state index contributed by atoms with van der Waals surface area (Å²) >= 11 is 1.53. The molecule has 7 heteroatoms. The normalized spacial score (nSPS) is 11.2. The number of pyridine rings is 2. The average molecular weight is 430 g/mol. The van der Waals surface area contributed by atoms with Gasteiger partial charge < -0.3 is 5.73 Å². The Morgan fingerprint density at radius 3 is 2.28 bits per heavy atom. The number of nitrogens with zero attached hydrogens (tertiary/aromatic N) is 5. The number of hydrogen-bond donors (Lipinski definition) is 1. The van der Waals surface area contributed by atoms with Gasteiger partial charge in [0.05, 0.1) is 15.8 Å². The van der Waals surface area contributed by atoms with Gasteiger partial charge in [0, 0.05) is 21.9 Å². The number of aromatic nitrogens is 4. The number of nitrogens with two attached hydrogens (primary N) is 1. The molecule has 0 aliphatic heterocycles. The van der Waals surface area contributed by atoms with Gasteiger partial charge in [0.15, 0.2) is 5.65 Å². The van der Waals surface area contributed by atoms with Gasteiger partial charge in [-0.2, -0.15) is 5.26 Å². The molecular formula is C25H14N6S. The highest BCUT2D eigenvalue weighted by Gasteiger charge is 2.20. The molecule has 2 N–H and O–H groups in total. The maximum Gasteiger partial charge on any atom is 0.162 e. The fourth-order valence-electron chi connectivity index (χ4n) is 3.95. The quantitative estimate of drug-likeness (QED) is 0.385. The first-order chi connectivity index (χ1) is 15.7. The molecule has 0 spiro atoms. The van der Waals surface area contributed by atoms with E-state index in [1.165, 1.54) is 11.3 Å². The molecule has 6 rings (SSSR count). The summed E-state index contributed by atoms with van der Waals surface area (Å²) in [6, 6.07) is 26.0. The van der Waals surface area contributed by atoms with E-state index >= 15 is 0 Å². The molecule has 0 aliphatic carbocycles. The standard InChI is InChI=1S/C25H14N6S/c26-13-17-11-16-12-18-22(28-24(16)29-23(17)27)20-19(14-7-3-1-4-8-14)21(30-31-25(20)32-18)15-9-5-2-6-10-15/h1-12H,(H2,27,28,29). The second-order valence-electron chi connectivity index (χ2n) is 7.35. The highest BCUT2D eigenvalue weighted by molar-refractivity contribution is 7.25. The van der Waals surface area contributed by atoms with E-state index in [1.807, 2.05) is 54.6 Å². The third-order valence-corrected chi connectivity index (χ3v) is 6.42. The summed E-state index contributed by atoms with van der Waals surface area (Å²) in [6.45, 7) is 0. The van der Waals surface area contributed by atoms with E-state index in [2.05, 4.69) is 33.4 Å². The molecule has 6 aromatic rings. The first-order valence-electron chi connectivity index (χ1n) is 9.94. The average Bonchev–Trinajstić information content (AvgIpc) is 3.20. The Morgan fingerprint density at radius 1 is 0.844 bits per heavy atom. The molecule has 6 nitrogen and oxygen atoms in total. The molecule has 0 radical (unpaired) electrons. The second kappa shape index (κ2) is 7.08. The number of hydrogen-bond acceptors (Lipinski definition) is 7. The summed E-state index contributed by atoms with van der Waals surface area (Å²) in [5, 5.41) is 20.2. The van der Waals surface area contributed by atoms with E-state index < -0.39 is 0 Å². The first kappa shape index (κ1) is 18.4. The Hall–Kier alpha value is -4.41. The Balaban J connectivity index is 1.76. The third kappa shape index (κ3) is 2.78. The molecule has 0 atom stereocenters. The molecule has 150 valence electrons. The zero-order valence-electron chi connectivity index (χ0n) is 16.6. The molecule has 4 aromatic heterocycles. The van der Waals surface area contributed by atoms with Crippen LogP contribution in [0.15, 0.2) is 72.8 Å². The molecule has 2 aromatic carbocycles. The highest BCUT2D eigenvalue weighted by Crippen LogP contribution is 2.42. The minimum atomic E-state index is 0.180. The summed E-state index contributed by atoms with van der Waals surface area (Å²) < 4.78 is 0.958. The molecule has 0 unspecified atom stereocenters. The monoisotopic (exact) mass is 430 g/mol. The topological polar surface area (TPSA) is 101 Å². The maximum atomic E-state index is 9.30. The summed E-state index contributed by atoms with van der Waals surface area (Å²) in [4.78, 5) is 10.0. The minimum absolute atomic E-state index is 0.180. The second-order valence-corrected chi connectivity index (χ2v) is 8.38. The summed E-state index contributed by atoms with van der Waals surface area (Å²) in [7, 11) is 0. The van der Waals surface area contributed by atoms with Gasteiger partial charge in [-0.25, -0.2) is 9.97 Å². The summed E-state index contributed by atoms with van der Waals surface area (Å²) in [5.41, 5.74) is 11.4. The van der Waals surface area contributed by atoms with Crippen molar-refractivity contribution in [1.82, 2.24) is 20.2 Å². The van der Waals surface area contributed by atoms with Crippen molar-refractivity contribution < 1.29 is 0 Å². The summed E-state index contributed by atoms with van der Waals surface area (Å²) in [5.74, 6) is 0.180. The van der Waals surface area contributed by atoms with Crippen LogP contribution in [0.25, 0.3) is 53.9 Å². The lowest BCUT2D eigenvalue weighted by molar-refractivity contribution is 1.09. The summed E-state index contributed by atoms with van der Waals surface area (Å²) in [6.07, 6.45) is 0. The van der Waals surface area contributed by atoms with Crippen LogP contribution >= 0.6 is 11.3 Å². The van der Waals surface area contributed by atoms with E-state index in [1.54, 1.807) is 6.07 Å². The third-order valence-electron chi connectivity index (χ3n) is 5.41. The van der Waals surface area contributed by atoms with Gasteiger partial charge in [0.1, 0.15) is 22.4 Å².